The largest absolute Gasteiger partial charge is 0.456 e. The van der Waals surface area contributed by atoms with Crippen LogP contribution in [0.1, 0.15) is 13.8 Å². The minimum Gasteiger partial charge on any atom is -0.456 e. The van der Waals surface area contributed by atoms with Crippen LogP contribution in [0, 0.1) is 0 Å². The van der Waals surface area contributed by atoms with Crippen molar-refractivity contribution in [2.75, 3.05) is 0 Å². The molecule has 0 unspecified atom stereocenters. The molecule has 4 aromatic carbocycles. The standard InChI is InChI=1S/C24H14BNO.C2H6/c25-15-9-11-22-19(13-15)17-5-1-3-7-21(17)26(22)16-10-12-24-20(14-16)18-6-2-4-8-23(18)27-24;1-2/h1-14H;1-2H3. The van der Waals surface area contributed by atoms with E-state index in [9.17, 15) is 0 Å². The maximum atomic E-state index is 6.06. The third kappa shape index (κ3) is 2.66. The fourth-order valence-electron chi connectivity index (χ4n) is 4.12. The lowest BCUT2D eigenvalue weighted by Crippen LogP contribution is -2.00. The Morgan fingerprint density at radius 2 is 1.31 bits per heavy atom. The predicted octanol–water partition coefficient (Wildman–Crippen LogP) is 6.50. The maximum absolute atomic E-state index is 6.06. The van der Waals surface area contributed by atoms with E-state index in [4.69, 9.17) is 12.3 Å². The number of benzene rings is 4. The van der Waals surface area contributed by atoms with E-state index >= 15 is 0 Å². The summed E-state index contributed by atoms with van der Waals surface area (Å²) in [5.74, 6) is 0. The van der Waals surface area contributed by atoms with Crippen molar-refractivity contribution in [3.8, 4) is 5.69 Å². The fraction of sp³-hybridized carbons (Fsp3) is 0.0769. The number of para-hydroxylation sites is 2. The maximum Gasteiger partial charge on any atom is 0.135 e. The first kappa shape index (κ1) is 17.6. The Bertz CT molecular complexity index is 1490. The van der Waals surface area contributed by atoms with Gasteiger partial charge < -0.3 is 8.98 Å². The summed E-state index contributed by atoms with van der Waals surface area (Å²) in [6.45, 7) is 4.00. The Labute approximate surface area is 170 Å². The molecule has 0 atom stereocenters. The number of hydrogen-bond donors (Lipinski definition) is 0. The van der Waals surface area contributed by atoms with Gasteiger partial charge in [0.25, 0.3) is 0 Å². The van der Waals surface area contributed by atoms with Gasteiger partial charge in [-0.25, -0.2) is 0 Å². The van der Waals surface area contributed by atoms with Gasteiger partial charge in [-0.05, 0) is 36.4 Å². The van der Waals surface area contributed by atoms with E-state index in [1.165, 1.54) is 16.3 Å². The summed E-state index contributed by atoms with van der Waals surface area (Å²) in [6.07, 6.45) is 0. The van der Waals surface area contributed by atoms with Crippen molar-refractivity contribution in [2.24, 2.45) is 0 Å². The van der Waals surface area contributed by atoms with Crippen LogP contribution in [0.2, 0.25) is 0 Å². The van der Waals surface area contributed by atoms with Gasteiger partial charge in [-0.2, -0.15) is 0 Å². The van der Waals surface area contributed by atoms with Crippen LogP contribution in [-0.2, 0) is 0 Å². The van der Waals surface area contributed by atoms with Crippen molar-refractivity contribution >= 4 is 57.1 Å². The third-order valence-electron chi connectivity index (χ3n) is 5.32. The second kappa shape index (κ2) is 6.86. The van der Waals surface area contributed by atoms with E-state index in [1.807, 2.05) is 38.1 Å². The first-order chi connectivity index (χ1) is 14.3. The van der Waals surface area contributed by atoms with Crippen LogP contribution in [-0.4, -0.2) is 12.4 Å². The highest BCUT2D eigenvalue weighted by molar-refractivity contribution is 6.34. The quantitative estimate of drug-likeness (QED) is 0.301. The molecule has 0 N–H and O–H groups in total. The van der Waals surface area contributed by atoms with Crippen LogP contribution in [0.25, 0.3) is 49.4 Å². The number of furan rings is 1. The second-order valence-electron chi connectivity index (χ2n) is 6.91. The number of nitrogens with zero attached hydrogens (tertiary/aromatic N) is 1. The van der Waals surface area contributed by atoms with E-state index in [0.717, 1.165) is 38.6 Å². The SMILES string of the molecule is CC.[B]c1ccc2c(c1)c1ccccc1n2-c1ccc2oc3ccccc3c2c1. The van der Waals surface area contributed by atoms with Gasteiger partial charge in [0.1, 0.15) is 19.0 Å². The lowest BCUT2D eigenvalue weighted by Gasteiger charge is -2.08. The van der Waals surface area contributed by atoms with Crippen molar-refractivity contribution in [1.82, 2.24) is 4.57 Å². The van der Waals surface area contributed by atoms with Crippen molar-refractivity contribution in [2.45, 2.75) is 13.8 Å². The Hall–Kier alpha value is -3.46. The molecule has 29 heavy (non-hydrogen) atoms. The average molecular weight is 373 g/mol. The smallest absolute Gasteiger partial charge is 0.135 e. The molecule has 0 spiro atoms. The van der Waals surface area contributed by atoms with Gasteiger partial charge in [-0.1, -0.05) is 67.8 Å². The molecule has 138 valence electrons. The minimum absolute atomic E-state index is 0.779. The van der Waals surface area contributed by atoms with E-state index in [-0.39, 0.29) is 0 Å². The molecule has 0 aliphatic rings. The van der Waals surface area contributed by atoms with Crippen LogP contribution in [0.3, 0.4) is 0 Å². The molecule has 2 heterocycles. The van der Waals surface area contributed by atoms with E-state index in [0.29, 0.717) is 0 Å². The van der Waals surface area contributed by atoms with Crippen LogP contribution in [0.15, 0.2) is 89.3 Å². The molecule has 0 amide bonds. The molecule has 2 radical (unpaired) electrons. The summed E-state index contributed by atoms with van der Waals surface area (Å²) in [5.41, 5.74) is 6.04. The Kier molecular flexibility index (Phi) is 4.17. The number of hydrogen-bond acceptors (Lipinski definition) is 1. The van der Waals surface area contributed by atoms with Crippen LogP contribution in [0.4, 0.5) is 0 Å². The molecule has 0 aliphatic carbocycles. The van der Waals surface area contributed by atoms with E-state index in [1.54, 1.807) is 0 Å². The van der Waals surface area contributed by atoms with Crippen molar-refractivity contribution in [1.29, 1.82) is 0 Å². The highest BCUT2D eigenvalue weighted by Gasteiger charge is 2.14. The molecule has 3 heteroatoms. The topological polar surface area (TPSA) is 18.1 Å². The lowest BCUT2D eigenvalue weighted by atomic mass is 9.94. The average Bonchev–Trinajstić information content (AvgIpc) is 3.30. The van der Waals surface area contributed by atoms with Gasteiger partial charge in [0.15, 0.2) is 0 Å². The van der Waals surface area contributed by atoms with E-state index in [2.05, 4.69) is 65.2 Å². The number of fused-ring (bicyclic) bond motifs is 6. The molecule has 0 aliphatic heterocycles. The predicted molar refractivity (Wildman–Crippen MR) is 125 cm³/mol. The lowest BCUT2D eigenvalue weighted by molar-refractivity contribution is 0.669. The van der Waals surface area contributed by atoms with Gasteiger partial charge in [-0.15, -0.1) is 0 Å². The molecule has 0 saturated carbocycles. The summed E-state index contributed by atoms with van der Waals surface area (Å²) >= 11 is 0. The molecular formula is C26H20BNO. The summed E-state index contributed by atoms with van der Waals surface area (Å²) in [7, 11) is 6.06. The Balaban J connectivity index is 0.000000882. The third-order valence-corrected chi connectivity index (χ3v) is 5.32. The minimum atomic E-state index is 0.779. The first-order valence-electron chi connectivity index (χ1n) is 10.00. The Morgan fingerprint density at radius 3 is 2.17 bits per heavy atom. The molecule has 0 saturated heterocycles. The molecule has 2 nitrogen and oxygen atoms in total. The highest BCUT2D eigenvalue weighted by atomic mass is 16.3. The summed E-state index contributed by atoms with van der Waals surface area (Å²) in [5, 5.41) is 4.64. The molecule has 6 rings (SSSR count). The van der Waals surface area contributed by atoms with Crippen LogP contribution >= 0.6 is 0 Å². The van der Waals surface area contributed by atoms with Gasteiger partial charge in [0, 0.05) is 27.2 Å². The zero-order valence-electron chi connectivity index (χ0n) is 16.5. The molecule has 2 aromatic heterocycles. The zero-order chi connectivity index (χ0) is 20.0. The fourth-order valence-corrected chi connectivity index (χ4v) is 4.12. The highest BCUT2D eigenvalue weighted by Crippen LogP contribution is 2.34. The van der Waals surface area contributed by atoms with E-state index < -0.39 is 0 Å². The number of rotatable bonds is 1. The summed E-state index contributed by atoms with van der Waals surface area (Å²) in [6, 6.07) is 29.1. The van der Waals surface area contributed by atoms with Gasteiger partial charge in [0.2, 0.25) is 0 Å². The van der Waals surface area contributed by atoms with Crippen molar-refractivity contribution in [3.05, 3.63) is 84.9 Å². The Morgan fingerprint density at radius 1 is 0.621 bits per heavy atom. The monoisotopic (exact) mass is 373 g/mol. The number of aromatic nitrogens is 1. The van der Waals surface area contributed by atoms with Gasteiger partial charge in [-0.3, -0.25) is 0 Å². The first-order valence-corrected chi connectivity index (χ1v) is 10.00. The second-order valence-corrected chi connectivity index (χ2v) is 6.91. The van der Waals surface area contributed by atoms with Gasteiger partial charge >= 0.3 is 0 Å². The molecule has 6 aromatic rings. The summed E-state index contributed by atoms with van der Waals surface area (Å²) < 4.78 is 8.29. The molecular weight excluding hydrogens is 353 g/mol. The summed E-state index contributed by atoms with van der Waals surface area (Å²) in [4.78, 5) is 0. The van der Waals surface area contributed by atoms with Gasteiger partial charge in [0.05, 0.1) is 11.0 Å². The molecule has 0 fully saturated rings. The normalized spacial score (nSPS) is 11.2. The van der Waals surface area contributed by atoms with Crippen LogP contribution in [0.5, 0.6) is 0 Å². The molecule has 0 bridgehead atoms. The van der Waals surface area contributed by atoms with Crippen LogP contribution < -0.4 is 5.46 Å². The zero-order valence-corrected chi connectivity index (χ0v) is 16.5. The van der Waals surface area contributed by atoms with Crippen molar-refractivity contribution in [3.63, 3.8) is 0 Å². The van der Waals surface area contributed by atoms with Crippen molar-refractivity contribution < 1.29 is 4.42 Å².